The lowest BCUT2D eigenvalue weighted by Gasteiger charge is -2.39. The number of carbonyl (C=O) groups is 2. The third-order valence-corrected chi connectivity index (χ3v) is 12.5. The molecular formula is C43H47FN8O2. The van der Waals surface area contributed by atoms with Gasteiger partial charge >= 0.3 is 6.03 Å². The summed E-state index contributed by atoms with van der Waals surface area (Å²) in [5, 5.41) is 13.4. The second-order valence-electron chi connectivity index (χ2n) is 15.7. The molecule has 54 heavy (non-hydrogen) atoms. The number of H-pyrrole nitrogens is 1. The minimum absolute atomic E-state index is 0.213. The van der Waals surface area contributed by atoms with Crippen molar-refractivity contribution in [3.63, 3.8) is 0 Å². The van der Waals surface area contributed by atoms with E-state index in [1.54, 1.807) is 11.1 Å². The molecule has 5 aromatic rings. The molecule has 3 aromatic carbocycles. The van der Waals surface area contributed by atoms with Crippen LogP contribution < -0.4 is 20.0 Å². The Morgan fingerprint density at radius 3 is 2.43 bits per heavy atom. The normalized spacial score (nSPS) is 20.9. The number of halogens is 1. The molecular weight excluding hydrogens is 680 g/mol. The first-order valence-corrected chi connectivity index (χ1v) is 19.7. The molecule has 2 aromatic heterocycles. The minimum atomic E-state index is -0.355. The number of fused-ring (bicyclic) bond motifs is 2. The zero-order valence-electron chi connectivity index (χ0n) is 30.6. The molecule has 11 heteroatoms. The fourth-order valence-corrected chi connectivity index (χ4v) is 9.61. The van der Waals surface area contributed by atoms with E-state index in [1.807, 2.05) is 18.2 Å². The number of anilines is 3. The van der Waals surface area contributed by atoms with Gasteiger partial charge in [0.25, 0.3) is 0 Å². The zero-order chi connectivity index (χ0) is 36.8. The molecule has 3 amide bonds. The standard InChI is InChI=1S/C43H47FN8O2/c44-36-10-11-39(42-41(36)32(25-45)26-46-42)50-18-2-3-31(28-50)30-6-8-33(9-7-30)49-21-12-29(13-22-49)27-48-19-14-34(15-20-48)51-23-16-35-37(51)4-1-5-38(35)52-24-17-40(53)47-43(52)54/h1,4-11,16,23,26,29,31,34,46H,2-3,12-15,17-22,24,27-28H2,(H,47,53,54)/t31-/m1/s1. The van der Waals surface area contributed by atoms with E-state index in [9.17, 15) is 19.2 Å². The summed E-state index contributed by atoms with van der Waals surface area (Å²) in [4.78, 5) is 36.7. The predicted octanol–water partition coefficient (Wildman–Crippen LogP) is 7.52. The van der Waals surface area contributed by atoms with Gasteiger partial charge in [-0.1, -0.05) is 18.2 Å². The number of carbonyl (C=O) groups excluding carboxylic acids is 2. The van der Waals surface area contributed by atoms with Crippen LogP contribution in [0.2, 0.25) is 0 Å². The Morgan fingerprint density at radius 2 is 1.65 bits per heavy atom. The number of piperidine rings is 3. The number of urea groups is 1. The number of likely N-dealkylation sites (tertiary alicyclic amines) is 1. The number of aromatic nitrogens is 2. The van der Waals surface area contributed by atoms with Crippen molar-refractivity contribution in [1.82, 2.24) is 19.8 Å². The number of hydrogen-bond acceptors (Lipinski definition) is 6. The monoisotopic (exact) mass is 726 g/mol. The lowest BCUT2D eigenvalue weighted by atomic mass is 9.89. The molecule has 2 N–H and O–H groups in total. The van der Waals surface area contributed by atoms with Crippen molar-refractivity contribution in [2.75, 3.05) is 67.1 Å². The number of nitriles is 1. The van der Waals surface area contributed by atoms with Crippen molar-refractivity contribution in [2.24, 2.45) is 5.92 Å². The molecule has 10 nitrogen and oxygen atoms in total. The maximum Gasteiger partial charge on any atom is 0.328 e. The number of imide groups is 1. The van der Waals surface area contributed by atoms with Crippen molar-refractivity contribution in [2.45, 2.75) is 56.9 Å². The molecule has 6 heterocycles. The highest BCUT2D eigenvalue weighted by Crippen LogP contribution is 2.37. The van der Waals surface area contributed by atoms with E-state index in [4.69, 9.17) is 0 Å². The quantitative estimate of drug-likeness (QED) is 0.180. The summed E-state index contributed by atoms with van der Waals surface area (Å²) in [6.07, 6.45) is 10.9. The predicted molar refractivity (Wildman–Crippen MR) is 211 cm³/mol. The maximum atomic E-state index is 14.6. The van der Waals surface area contributed by atoms with Crippen LogP contribution in [0.15, 0.2) is 73.1 Å². The van der Waals surface area contributed by atoms with E-state index in [0.29, 0.717) is 47.3 Å². The number of aromatic amines is 1. The highest BCUT2D eigenvalue weighted by Gasteiger charge is 2.29. The highest BCUT2D eigenvalue weighted by atomic mass is 19.1. The van der Waals surface area contributed by atoms with Gasteiger partial charge in [-0.3, -0.25) is 15.0 Å². The van der Waals surface area contributed by atoms with E-state index in [-0.39, 0.29) is 17.8 Å². The van der Waals surface area contributed by atoms with Crippen LogP contribution in [-0.2, 0) is 4.79 Å². The molecule has 0 aliphatic carbocycles. The van der Waals surface area contributed by atoms with Gasteiger partial charge in [0.15, 0.2) is 0 Å². The van der Waals surface area contributed by atoms with Crippen molar-refractivity contribution in [3.05, 3.63) is 90.0 Å². The van der Waals surface area contributed by atoms with Crippen LogP contribution in [-0.4, -0.2) is 78.7 Å². The van der Waals surface area contributed by atoms with Gasteiger partial charge in [0.2, 0.25) is 5.91 Å². The summed E-state index contributed by atoms with van der Waals surface area (Å²) in [5.41, 5.74) is 6.70. The van der Waals surface area contributed by atoms with Gasteiger partial charge in [0.05, 0.1) is 33.4 Å². The van der Waals surface area contributed by atoms with E-state index < -0.39 is 0 Å². The first-order chi connectivity index (χ1) is 26.4. The zero-order valence-corrected chi connectivity index (χ0v) is 30.6. The summed E-state index contributed by atoms with van der Waals surface area (Å²) in [6.45, 7) is 7.72. The smallest absolute Gasteiger partial charge is 0.328 e. The molecule has 0 saturated carbocycles. The maximum absolute atomic E-state index is 14.6. The Labute approximate surface area is 315 Å². The van der Waals surface area contributed by atoms with Crippen LogP contribution in [0.5, 0.6) is 0 Å². The topological polar surface area (TPSA) is 104 Å². The molecule has 1 atom stereocenters. The van der Waals surface area contributed by atoms with Gasteiger partial charge in [0, 0.05) is 94.2 Å². The number of hydrogen-bond donors (Lipinski definition) is 2. The highest BCUT2D eigenvalue weighted by molar-refractivity contribution is 6.09. The Kier molecular flexibility index (Phi) is 9.23. The molecule has 4 fully saturated rings. The van der Waals surface area contributed by atoms with E-state index in [1.165, 1.54) is 30.2 Å². The van der Waals surface area contributed by atoms with E-state index >= 15 is 0 Å². The van der Waals surface area contributed by atoms with E-state index in [2.05, 4.69) is 78.2 Å². The van der Waals surface area contributed by atoms with Gasteiger partial charge < -0.3 is 24.3 Å². The van der Waals surface area contributed by atoms with Crippen LogP contribution in [0.1, 0.15) is 68.0 Å². The summed E-state index contributed by atoms with van der Waals surface area (Å²) in [7, 11) is 0. The molecule has 0 radical (unpaired) electrons. The molecule has 0 spiro atoms. The van der Waals surface area contributed by atoms with E-state index in [0.717, 1.165) is 93.8 Å². The molecule has 9 rings (SSSR count). The van der Waals surface area contributed by atoms with Gasteiger partial charge in [0.1, 0.15) is 11.9 Å². The van der Waals surface area contributed by atoms with Crippen LogP contribution in [0.3, 0.4) is 0 Å². The second kappa shape index (κ2) is 14.5. The first-order valence-electron chi connectivity index (χ1n) is 19.7. The second-order valence-corrected chi connectivity index (χ2v) is 15.7. The van der Waals surface area contributed by atoms with Gasteiger partial charge in [-0.25, -0.2) is 9.18 Å². The Balaban J connectivity index is 0.766. The number of benzene rings is 3. The van der Waals surface area contributed by atoms with Crippen LogP contribution in [0, 0.1) is 23.1 Å². The van der Waals surface area contributed by atoms with Crippen LogP contribution >= 0.6 is 0 Å². The van der Waals surface area contributed by atoms with Crippen molar-refractivity contribution in [1.29, 1.82) is 5.26 Å². The van der Waals surface area contributed by atoms with Gasteiger partial charge in [-0.05, 0) is 92.5 Å². The largest absolute Gasteiger partial charge is 0.372 e. The Hall–Kier alpha value is -5.34. The Morgan fingerprint density at radius 1 is 0.833 bits per heavy atom. The molecule has 4 aliphatic heterocycles. The molecule has 0 bridgehead atoms. The Bertz CT molecular complexity index is 2220. The van der Waals surface area contributed by atoms with Crippen LogP contribution in [0.4, 0.5) is 26.2 Å². The number of rotatable bonds is 7. The molecule has 0 unspecified atom stereocenters. The lowest BCUT2D eigenvalue weighted by molar-refractivity contribution is -0.120. The summed E-state index contributed by atoms with van der Waals surface area (Å²) >= 11 is 0. The molecule has 4 aliphatic rings. The summed E-state index contributed by atoms with van der Waals surface area (Å²) in [6, 6.07) is 23.0. The van der Waals surface area contributed by atoms with Crippen molar-refractivity contribution >= 4 is 50.8 Å². The molecule has 4 saturated heterocycles. The van der Waals surface area contributed by atoms with Crippen molar-refractivity contribution in [3.8, 4) is 6.07 Å². The third kappa shape index (κ3) is 6.47. The number of nitrogens with one attached hydrogen (secondary N) is 2. The average molecular weight is 727 g/mol. The molecule has 278 valence electrons. The summed E-state index contributed by atoms with van der Waals surface area (Å²) < 4.78 is 17.0. The average Bonchev–Trinajstić information content (AvgIpc) is 3.85. The van der Waals surface area contributed by atoms with Gasteiger partial charge in [-0.15, -0.1) is 0 Å². The van der Waals surface area contributed by atoms with Crippen LogP contribution in [0.25, 0.3) is 21.8 Å². The summed E-state index contributed by atoms with van der Waals surface area (Å²) in [5.74, 6) is 0.545. The number of amides is 3. The fraction of sp³-hybridized carbons (Fsp3) is 0.419. The first kappa shape index (κ1) is 34.4. The van der Waals surface area contributed by atoms with Gasteiger partial charge in [-0.2, -0.15) is 5.26 Å². The third-order valence-electron chi connectivity index (χ3n) is 12.5. The fourth-order valence-electron chi connectivity index (χ4n) is 9.61. The SMILES string of the molecule is N#Cc1c[nH]c2c(N3CCC[C@@H](c4ccc(N5CCC(CN6CCC(n7ccc8c(N9CCC(=O)NC9=O)cccc87)CC6)CC5)cc4)C3)ccc(F)c12. The number of nitrogens with zero attached hydrogens (tertiary/aromatic N) is 6. The lowest BCUT2D eigenvalue weighted by Crippen LogP contribution is -2.49. The van der Waals surface area contributed by atoms with Crippen molar-refractivity contribution < 1.29 is 14.0 Å². The minimum Gasteiger partial charge on any atom is -0.372 e.